The summed E-state index contributed by atoms with van der Waals surface area (Å²) in [6.07, 6.45) is 4.00. The lowest BCUT2D eigenvalue weighted by atomic mass is 9.95. The number of carbonyl (C=O) groups excluding carboxylic acids is 1. The van der Waals surface area contributed by atoms with E-state index in [9.17, 15) is 4.79 Å². The number of hydrogen-bond acceptors (Lipinski definition) is 3. The van der Waals surface area contributed by atoms with Crippen molar-refractivity contribution in [2.24, 2.45) is 5.92 Å². The molecule has 0 radical (unpaired) electrons. The fraction of sp³-hybridized carbons (Fsp3) is 0.400. The van der Waals surface area contributed by atoms with E-state index in [-0.39, 0.29) is 0 Å². The third-order valence-electron chi connectivity index (χ3n) is 3.17. The highest BCUT2D eigenvalue weighted by atomic mass is 35.5. The number of hydrogen-bond donors (Lipinski definition) is 0. The number of benzene rings is 1. The fourth-order valence-corrected chi connectivity index (χ4v) is 3.94. The van der Waals surface area contributed by atoms with Crippen molar-refractivity contribution in [3.05, 3.63) is 45.8 Å². The number of allylic oxidation sites excluding steroid dienone is 2. The average Bonchev–Trinajstić information content (AvgIpc) is 2.71. The van der Waals surface area contributed by atoms with Crippen molar-refractivity contribution < 1.29 is 4.79 Å². The molecule has 2 nitrogen and oxygen atoms in total. The van der Waals surface area contributed by atoms with Crippen LogP contribution in [0.3, 0.4) is 0 Å². The molecule has 0 spiro atoms. The number of rotatable bonds is 5. The van der Waals surface area contributed by atoms with Gasteiger partial charge in [0.1, 0.15) is 0 Å². The lowest BCUT2D eigenvalue weighted by Crippen LogP contribution is -2.28. The number of thioether (sulfide) groups is 1. The van der Waals surface area contributed by atoms with Crippen LogP contribution in [0.1, 0.15) is 5.56 Å². The summed E-state index contributed by atoms with van der Waals surface area (Å²) >= 11 is 7.71. The summed E-state index contributed by atoms with van der Waals surface area (Å²) in [5.41, 5.74) is 1.23. The molecule has 2 unspecified atom stereocenters. The summed E-state index contributed by atoms with van der Waals surface area (Å²) in [5, 5.41) is 1.21. The normalized spacial score (nSPS) is 22.6. The van der Waals surface area contributed by atoms with E-state index in [4.69, 9.17) is 11.6 Å². The minimum absolute atomic E-state index is 0.395. The van der Waals surface area contributed by atoms with Gasteiger partial charge in [0.25, 0.3) is 0 Å². The highest BCUT2D eigenvalue weighted by molar-refractivity contribution is 8.04. The monoisotopic (exact) mass is 295 g/mol. The van der Waals surface area contributed by atoms with Gasteiger partial charge in [0.05, 0.1) is 0 Å². The maximum Gasteiger partial charge on any atom is 0.156 e. The summed E-state index contributed by atoms with van der Waals surface area (Å²) in [6, 6.07) is 7.96. The van der Waals surface area contributed by atoms with Gasteiger partial charge in [0, 0.05) is 21.7 Å². The molecule has 2 rings (SSSR count). The molecule has 0 aromatic heterocycles. The van der Waals surface area contributed by atoms with E-state index in [1.807, 2.05) is 18.2 Å². The molecule has 1 aromatic carbocycles. The molecule has 0 bridgehead atoms. The van der Waals surface area contributed by atoms with Crippen LogP contribution in [0.2, 0.25) is 5.02 Å². The SMILES string of the molecule is CN(C)CC1SC(C=O)=CC1Cc1cccc(Cl)c1. The van der Waals surface area contributed by atoms with Crippen LogP contribution in [-0.2, 0) is 11.2 Å². The first-order valence-corrected chi connectivity index (χ1v) is 7.57. The van der Waals surface area contributed by atoms with E-state index >= 15 is 0 Å². The van der Waals surface area contributed by atoms with Crippen LogP contribution >= 0.6 is 23.4 Å². The Labute approximate surface area is 123 Å². The molecular formula is C15H18ClNOS. The lowest BCUT2D eigenvalue weighted by molar-refractivity contribution is -0.104. The molecule has 1 heterocycles. The van der Waals surface area contributed by atoms with Gasteiger partial charge in [-0.05, 0) is 44.1 Å². The zero-order valence-corrected chi connectivity index (χ0v) is 12.7. The highest BCUT2D eigenvalue weighted by Gasteiger charge is 2.28. The van der Waals surface area contributed by atoms with Crippen molar-refractivity contribution in [1.29, 1.82) is 0 Å². The van der Waals surface area contributed by atoms with Crippen molar-refractivity contribution in [1.82, 2.24) is 4.90 Å². The number of aldehydes is 1. The third-order valence-corrected chi connectivity index (χ3v) is 4.71. The van der Waals surface area contributed by atoms with Gasteiger partial charge in [-0.15, -0.1) is 11.8 Å². The first-order valence-electron chi connectivity index (χ1n) is 6.31. The molecule has 0 saturated heterocycles. The number of halogens is 1. The molecule has 0 fully saturated rings. The molecule has 1 aliphatic rings. The first kappa shape index (κ1) is 14.6. The molecule has 0 N–H and O–H groups in total. The third kappa shape index (κ3) is 4.10. The van der Waals surface area contributed by atoms with Crippen LogP contribution < -0.4 is 0 Å². The molecule has 4 heteroatoms. The summed E-state index contributed by atoms with van der Waals surface area (Å²) in [5.74, 6) is 0.395. The van der Waals surface area contributed by atoms with Crippen molar-refractivity contribution in [3.63, 3.8) is 0 Å². The highest BCUT2D eigenvalue weighted by Crippen LogP contribution is 2.37. The van der Waals surface area contributed by atoms with Crippen LogP contribution in [-0.4, -0.2) is 37.1 Å². The van der Waals surface area contributed by atoms with Gasteiger partial charge in [-0.3, -0.25) is 4.79 Å². The second kappa shape index (κ2) is 6.60. The molecule has 102 valence electrons. The van der Waals surface area contributed by atoms with Crippen LogP contribution in [0.25, 0.3) is 0 Å². The van der Waals surface area contributed by atoms with Crippen molar-refractivity contribution in [2.75, 3.05) is 20.6 Å². The van der Waals surface area contributed by atoms with E-state index < -0.39 is 0 Å². The maximum atomic E-state index is 11.0. The van der Waals surface area contributed by atoms with Crippen LogP contribution in [0.5, 0.6) is 0 Å². The van der Waals surface area contributed by atoms with Crippen molar-refractivity contribution in [3.8, 4) is 0 Å². The van der Waals surface area contributed by atoms with Crippen molar-refractivity contribution >= 4 is 29.6 Å². The molecule has 0 aliphatic carbocycles. The van der Waals surface area contributed by atoms with Gasteiger partial charge in [0.2, 0.25) is 0 Å². The molecule has 1 aromatic rings. The Morgan fingerprint density at radius 1 is 1.42 bits per heavy atom. The average molecular weight is 296 g/mol. The Bertz CT molecular complexity index is 487. The van der Waals surface area contributed by atoms with Gasteiger partial charge in [-0.25, -0.2) is 0 Å². The zero-order chi connectivity index (χ0) is 13.8. The number of carbonyl (C=O) groups is 1. The van der Waals surface area contributed by atoms with Crippen molar-refractivity contribution in [2.45, 2.75) is 11.7 Å². The first-order chi connectivity index (χ1) is 9.08. The predicted octanol–water partition coefficient (Wildman–Crippen LogP) is 3.26. The van der Waals surface area contributed by atoms with Crippen LogP contribution in [0.4, 0.5) is 0 Å². The molecule has 2 atom stereocenters. The van der Waals surface area contributed by atoms with Gasteiger partial charge in [-0.1, -0.05) is 29.8 Å². The molecule has 1 aliphatic heterocycles. The quantitative estimate of drug-likeness (QED) is 0.778. The molecular weight excluding hydrogens is 278 g/mol. The Kier molecular flexibility index (Phi) is 5.08. The zero-order valence-electron chi connectivity index (χ0n) is 11.2. The van der Waals surface area contributed by atoms with E-state index in [0.717, 1.165) is 29.2 Å². The second-order valence-electron chi connectivity index (χ2n) is 5.10. The van der Waals surface area contributed by atoms with Gasteiger partial charge >= 0.3 is 0 Å². The van der Waals surface area contributed by atoms with E-state index in [1.165, 1.54) is 5.56 Å². The van der Waals surface area contributed by atoms with Crippen LogP contribution in [0.15, 0.2) is 35.2 Å². The summed E-state index contributed by atoms with van der Waals surface area (Å²) in [4.78, 5) is 14.0. The largest absolute Gasteiger partial charge is 0.308 e. The Balaban J connectivity index is 2.10. The minimum atomic E-state index is 0.395. The topological polar surface area (TPSA) is 20.3 Å². The van der Waals surface area contributed by atoms with E-state index in [1.54, 1.807) is 11.8 Å². The summed E-state index contributed by atoms with van der Waals surface area (Å²) in [7, 11) is 4.13. The smallest absolute Gasteiger partial charge is 0.156 e. The Morgan fingerprint density at radius 2 is 2.21 bits per heavy atom. The summed E-state index contributed by atoms with van der Waals surface area (Å²) in [6.45, 7) is 0.976. The minimum Gasteiger partial charge on any atom is -0.308 e. The van der Waals surface area contributed by atoms with Gasteiger partial charge in [-0.2, -0.15) is 0 Å². The van der Waals surface area contributed by atoms with Gasteiger partial charge in [0.15, 0.2) is 6.29 Å². The van der Waals surface area contributed by atoms with E-state index in [0.29, 0.717) is 11.2 Å². The Morgan fingerprint density at radius 3 is 2.84 bits per heavy atom. The molecule has 0 saturated carbocycles. The molecule has 19 heavy (non-hydrogen) atoms. The summed E-state index contributed by atoms with van der Waals surface area (Å²) < 4.78 is 0. The Hall–Kier alpha value is -0.770. The lowest BCUT2D eigenvalue weighted by Gasteiger charge is -2.22. The second-order valence-corrected chi connectivity index (χ2v) is 6.85. The number of nitrogens with zero attached hydrogens (tertiary/aromatic N) is 1. The van der Waals surface area contributed by atoms with E-state index in [2.05, 4.69) is 31.1 Å². The fourth-order valence-electron chi connectivity index (χ4n) is 2.35. The molecule has 0 amide bonds. The van der Waals surface area contributed by atoms with Crippen LogP contribution in [0, 0.1) is 5.92 Å². The van der Waals surface area contributed by atoms with Gasteiger partial charge < -0.3 is 4.90 Å². The predicted molar refractivity (Wildman–Crippen MR) is 82.7 cm³/mol. The maximum absolute atomic E-state index is 11.0. The standard InChI is InChI=1S/C15H18ClNOS/c1-17(2)9-15-12(8-14(10-18)19-15)6-11-4-3-5-13(16)7-11/h3-5,7-8,10,12,15H,6,9H2,1-2H3.